The molecular formula is C53H55N7O7. The lowest BCUT2D eigenvalue weighted by Crippen LogP contribution is -2.49. The highest BCUT2D eigenvalue weighted by Gasteiger charge is 2.34. The van der Waals surface area contributed by atoms with Crippen molar-refractivity contribution in [2.75, 3.05) is 46.4 Å². The van der Waals surface area contributed by atoms with Crippen LogP contribution < -0.4 is 24.5 Å². The molecule has 2 atom stereocenters. The molecule has 0 amide bonds. The summed E-state index contributed by atoms with van der Waals surface area (Å²) in [7, 11) is 3.81. The summed E-state index contributed by atoms with van der Waals surface area (Å²) in [5, 5.41) is 11.0. The number of allylic oxidation sites excluding steroid dienone is 3. The Morgan fingerprint density at radius 2 is 1.72 bits per heavy atom. The Bertz CT molecular complexity index is 2960. The molecule has 3 aliphatic heterocycles. The van der Waals surface area contributed by atoms with Crippen LogP contribution in [0, 0.1) is 20.8 Å². The van der Waals surface area contributed by atoms with Crippen molar-refractivity contribution in [2.24, 2.45) is 7.05 Å². The van der Waals surface area contributed by atoms with Gasteiger partial charge in [-0.15, -0.1) is 0 Å². The maximum absolute atomic E-state index is 13.5. The van der Waals surface area contributed by atoms with Gasteiger partial charge in [-0.2, -0.15) is 0 Å². The second kappa shape index (κ2) is 19.4. The highest BCUT2D eigenvalue weighted by Crippen LogP contribution is 2.49. The monoisotopic (exact) mass is 901 g/mol. The number of carboxylic acids is 1. The van der Waals surface area contributed by atoms with Gasteiger partial charge in [-0.05, 0) is 105 Å². The standard InChI is InChI=1S/C53H55N7O7/c1-7-35-26-42(36-13-11-32(2)12-14-36)48-41-16-18-44(34(4)33(41)3)66-40(28-60-23-21-58(5)22-24-60)30-64-39-15-17-45(37(25-39)27-46(53(62)63)67-52-49(48)50(35)55-31-56-52)65-29-38-19-20-54-51(57-38)43-9-8-10-47(61)59(43)6/h7-20,25,31,40,46H,21-24,26-30H2,1-6H3,(H,62,63)/b35-7-/t40-,46-/m1/s1. The van der Waals surface area contributed by atoms with Crippen LogP contribution in [0.15, 0.2) is 102 Å². The van der Waals surface area contributed by atoms with Gasteiger partial charge in [0.05, 0.1) is 22.6 Å². The lowest BCUT2D eigenvalue weighted by molar-refractivity contribution is -0.145. The molecule has 1 N–H and O–H groups in total. The van der Waals surface area contributed by atoms with E-state index in [1.807, 2.05) is 25.1 Å². The third-order valence-corrected chi connectivity index (χ3v) is 13.0. The first-order valence-corrected chi connectivity index (χ1v) is 22.7. The van der Waals surface area contributed by atoms with Crippen LogP contribution in [0.2, 0.25) is 0 Å². The zero-order valence-electron chi connectivity index (χ0n) is 38.8. The molecule has 14 heteroatoms. The number of likely N-dealkylation sites (N-methyl/N-ethyl adjacent to an activating group) is 1. The molecule has 1 saturated heterocycles. The van der Waals surface area contributed by atoms with Gasteiger partial charge in [-0.1, -0.05) is 48.0 Å². The first kappa shape index (κ1) is 45.0. The number of aliphatic carboxylic acids is 1. The van der Waals surface area contributed by atoms with Gasteiger partial charge in [0.25, 0.3) is 5.56 Å². The van der Waals surface area contributed by atoms with E-state index in [-0.39, 0.29) is 37.2 Å². The molecule has 4 bridgehead atoms. The predicted molar refractivity (Wildman–Crippen MR) is 256 cm³/mol. The number of nitrogens with zero attached hydrogens (tertiary/aromatic N) is 7. The molecule has 3 aromatic carbocycles. The van der Waals surface area contributed by atoms with Crippen LogP contribution in [-0.4, -0.2) is 104 Å². The molecule has 344 valence electrons. The van der Waals surface area contributed by atoms with Crippen molar-refractivity contribution in [1.29, 1.82) is 0 Å². The van der Waals surface area contributed by atoms with Gasteiger partial charge < -0.3 is 33.5 Å². The van der Waals surface area contributed by atoms with E-state index in [0.29, 0.717) is 58.5 Å². The fraction of sp³-hybridized carbons (Fsp3) is 0.321. The topological polar surface area (TPSA) is 154 Å². The number of hydrogen-bond acceptors (Lipinski definition) is 12. The highest BCUT2D eigenvalue weighted by molar-refractivity contribution is 6.08. The van der Waals surface area contributed by atoms with E-state index in [1.165, 1.54) is 17.0 Å². The number of carbonyl (C=O) groups is 1. The first-order valence-electron chi connectivity index (χ1n) is 22.7. The Morgan fingerprint density at radius 1 is 0.910 bits per heavy atom. The molecule has 0 radical (unpaired) electrons. The fourth-order valence-electron chi connectivity index (χ4n) is 8.98. The van der Waals surface area contributed by atoms with Crippen LogP contribution in [-0.2, 0) is 24.9 Å². The smallest absolute Gasteiger partial charge is 0.345 e. The summed E-state index contributed by atoms with van der Waals surface area (Å²) in [6.07, 6.45) is 3.85. The summed E-state index contributed by atoms with van der Waals surface area (Å²) in [5.41, 5.74) is 10.8. The van der Waals surface area contributed by atoms with E-state index in [4.69, 9.17) is 33.9 Å². The summed E-state index contributed by atoms with van der Waals surface area (Å²) in [4.78, 5) is 49.3. The average molecular weight is 902 g/mol. The van der Waals surface area contributed by atoms with Gasteiger partial charge >= 0.3 is 5.97 Å². The van der Waals surface area contributed by atoms with Crippen LogP contribution in [0.25, 0.3) is 28.2 Å². The van der Waals surface area contributed by atoms with E-state index in [9.17, 15) is 14.7 Å². The number of ether oxygens (including phenoxy) is 4. The molecule has 3 aromatic heterocycles. The zero-order chi connectivity index (χ0) is 46.8. The molecule has 10 rings (SSSR count). The molecule has 1 aliphatic carbocycles. The predicted octanol–water partition coefficient (Wildman–Crippen LogP) is 7.36. The van der Waals surface area contributed by atoms with Gasteiger partial charge in [-0.25, -0.2) is 24.7 Å². The molecule has 67 heavy (non-hydrogen) atoms. The van der Waals surface area contributed by atoms with Gasteiger partial charge in [-0.3, -0.25) is 9.69 Å². The Balaban J connectivity index is 1.16. The van der Waals surface area contributed by atoms with Crippen molar-refractivity contribution in [2.45, 2.75) is 59.4 Å². The molecule has 0 unspecified atom stereocenters. The Morgan fingerprint density at radius 3 is 2.49 bits per heavy atom. The van der Waals surface area contributed by atoms with E-state index in [2.05, 4.69) is 79.0 Å². The number of benzene rings is 3. The summed E-state index contributed by atoms with van der Waals surface area (Å²) < 4.78 is 28.1. The maximum Gasteiger partial charge on any atom is 0.345 e. The normalized spacial score (nSPS) is 18.4. The van der Waals surface area contributed by atoms with Crippen molar-refractivity contribution < 1.29 is 28.8 Å². The molecule has 0 saturated carbocycles. The largest absolute Gasteiger partial charge is 0.490 e. The van der Waals surface area contributed by atoms with Gasteiger partial charge in [0, 0.05) is 76.0 Å². The summed E-state index contributed by atoms with van der Waals surface area (Å²) in [5.74, 6) is 1.05. The van der Waals surface area contributed by atoms with Crippen molar-refractivity contribution in [1.82, 2.24) is 34.3 Å². The molecule has 14 nitrogen and oxygen atoms in total. The second-order valence-corrected chi connectivity index (χ2v) is 17.5. The third-order valence-electron chi connectivity index (χ3n) is 13.0. The summed E-state index contributed by atoms with van der Waals surface area (Å²) in [6, 6.07) is 24.7. The number of piperazine rings is 1. The number of carboxylic acid groups (broad SMARTS) is 1. The van der Waals surface area contributed by atoms with Gasteiger partial charge in [0.1, 0.15) is 42.9 Å². The molecule has 1 fully saturated rings. The highest BCUT2D eigenvalue weighted by atomic mass is 16.5. The number of fused-ring (bicyclic) bond motifs is 7. The lowest BCUT2D eigenvalue weighted by Gasteiger charge is -2.35. The summed E-state index contributed by atoms with van der Waals surface area (Å²) >= 11 is 0. The fourth-order valence-corrected chi connectivity index (χ4v) is 8.98. The Kier molecular flexibility index (Phi) is 13.0. The average Bonchev–Trinajstić information content (AvgIpc) is 3.33. The van der Waals surface area contributed by atoms with E-state index in [0.717, 1.165) is 76.5 Å². The van der Waals surface area contributed by atoms with Crippen molar-refractivity contribution in [3.63, 3.8) is 0 Å². The van der Waals surface area contributed by atoms with Crippen LogP contribution in [0.3, 0.4) is 0 Å². The Hall–Kier alpha value is -7.16. The molecule has 6 heterocycles. The minimum atomic E-state index is -1.41. The Labute approximate surface area is 390 Å². The lowest BCUT2D eigenvalue weighted by atomic mass is 9.78. The molecule has 0 spiro atoms. The molecular weight excluding hydrogens is 847 g/mol. The van der Waals surface area contributed by atoms with Gasteiger partial charge in [0.15, 0.2) is 5.82 Å². The van der Waals surface area contributed by atoms with Crippen LogP contribution in [0.4, 0.5) is 0 Å². The quantitative estimate of drug-likeness (QED) is 0.162. The van der Waals surface area contributed by atoms with Crippen molar-refractivity contribution in [3.8, 4) is 34.6 Å². The molecule has 4 aliphatic rings. The number of pyridine rings is 1. The number of aryl methyl sites for hydroxylation is 1. The zero-order valence-corrected chi connectivity index (χ0v) is 38.8. The number of rotatable bonds is 8. The van der Waals surface area contributed by atoms with E-state index < -0.39 is 12.1 Å². The van der Waals surface area contributed by atoms with Crippen molar-refractivity contribution in [3.05, 3.63) is 158 Å². The van der Waals surface area contributed by atoms with Gasteiger partial charge in [0.2, 0.25) is 12.0 Å². The van der Waals surface area contributed by atoms with Crippen LogP contribution in [0.5, 0.6) is 23.1 Å². The molecule has 6 aromatic rings. The third kappa shape index (κ3) is 9.58. The van der Waals surface area contributed by atoms with Crippen molar-refractivity contribution >= 4 is 22.7 Å². The van der Waals surface area contributed by atoms with E-state index >= 15 is 0 Å². The van der Waals surface area contributed by atoms with E-state index in [1.54, 1.807) is 37.5 Å². The SMILES string of the molecule is C/C=C1/CC(c2ccc(C)cc2)=C2c3ccc(c(C)c3C)O[C@H](CN3CCN(C)CC3)COc3ccc(OCc4ccnc(-c5cccc(=O)n5C)n4)c(c3)C[C@H](C(=O)O)Oc3ncnc1c32. The minimum absolute atomic E-state index is 0.0282. The first-order chi connectivity index (χ1) is 32.4. The second-order valence-electron chi connectivity index (χ2n) is 17.5. The minimum Gasteiger partial charge on any atom is -0.490 e. The number of aromatic nitrogens is 5. The van der Waals surface area contributed by atoms with Crippen LogP contribution >= 0.6 is 0 Å². The van der Waals surface area contributed by atoms with Crippen LogP contribution in [0.1, 0.15) is 63.7 Å². The number of hydrogen-bond donors (Lipinski definition) is 1. The summed E-state index contributed by atoms with van der Waals surface area (Å²) in [6.45, 7) is 12.9. The maximum atomic E-state index is 13.5.